The van der Waals surface area contributed by atoms with Gasteiger partial charge in [-0.25, -0.2) is 9.97 Å². The fourth-order valence-electron chi connectivity index (χ4n) is 1.70. The summed E-state index contributed by atoms with van der Waals surface area (Å²) in [6.45, 7) is 6.05. The lowest BCUT2D eigenvalue weighted by molar-refractivity contribution is 0.128. The summed E-state index contributed by atoms with van der Waals surface area (Å²) in [6.07, 6.45) is 2.84. The number of nitrogens with zero attached hydrogens (tertiary/aromatic N) is 4. The number of aromatic nitrogens is 4. The number of ether oxygens (including phenoxy) is 1. The van der Waals surface area contributed by atoms with Crippen molar-refractivity contribution in [3.05, 3.63) is 12.0 Å². The Hall–Kier alpha value is -1.69. The monoisotopic (exact) mass is 249 g/mol. The molecule has 0 aliphatic rings. The van der Waals surface area contributed by atoms with E-state index in [1.165, 1.54) is 0 Å². The largest absolute Gasteiger partial charge is 0.374 e. The molecule has 0 unspecified atom stereocenters. The van der Waals surface area contributed by atoms with Crippen molar-refractivity contribution < 1.29 is 4.74 Å². The van der Waals surface area contributed by atoms with Crippen molar-refractivity contribution >= 4 is 16.9 Å². The van der Waals surface area contributed by atoms with E-state index in [2.05, 4.69) is 27.3 Å². The fraction of sp³-hybridized carbons (Fsp3) is 0.583. The molecule has 98 valence electrons. The molecule has 0 aliphatic carbocycles. The molecule has 0 radical (unpaired) electrons. The van der Waals surface area contributed by atoms with Crippen LogP contribution in [0.2, 0.25) is 0 Å². The number of rotatable bonds is 6. The van der Waals surface area contributed by atoms with Gasteiger partial charge in [0.2, 0.25) is 0 Å². The molecule has 2 heterocycles. The lowest BCUT2D eigenvalue weighted by Crippen LogP contribution is -2.07. The average molecular weight is 249 g/mol. The number of hydrogen-bond acceptors (Lipinski definition) is 5. The van der Waals surface area contributed by atoms with E-state index >= 15 is 0 Å². The Morgan fingerprint density at radius 3 is 2.89 bits per heavy atom. The molecule has 6 heteroatoms. The zero-order valence-electron chi connectivity index (χ0n) is 11.1. The lowest BCUT2D eigenvalue weighted by atomic mass is 10.3. The first kappa shape index (κ1) is 12.8. The van der Waals surface area contributed by atoms with Crippen LogP contribution in [0.5, 0.6) is 0 Å². The Kier molecular flexibility index (Phi) is 4.09. The minimum Gasteiger partial charge on any atom is -0.374 e. The van der Waals surface area contributed by atoms with Gasteiger partial charge in [0.15, 0.2) is 11.5 Å². The van der Waals surface area contributed by atoms with E-state index in [9.17, 15) is 0 Å². The molecule has 2 aromatic heterocycles. The van der Waals surface area contributed by atoms with E-state index < -0.39 is 0 Å². The van der Waals surface area contributed by atoms with Gasteiger partial charge in [-0.3, -0.25) is 4.68 Å². The fourth-order valence-corrected chi connectivity index (χ4v) is 1.70. The van der Waals surface area contributed by atoms with Crippen LogP contribution in [0.25, 0.3) is 11.0 Å². The molecule has 0 fully saturated rings. The molecule has 18 heavy (non-hydrogen) atoms. The Labute approximate surface area is 106 Å². The van der Waals surface area contributed by atoms with Crippen molar-refractivity contribution in [1.82, 2.24) is 19.7 Å². The summed E-state index contributed by atoms with van der Waals surface area (Å²) >= 11 is 0. The second-order valence-electron chi connectivity index (χ2n) is 4.06. The Balaban J connectivity index is 2.38. The van der Waals surface area contributed by atoms with Crippen molar-refractivity contribution in [2.75, 3.05) is 18.5 Å². The molecule has 2 rings (SSSR count). The Morgan fingerprint density at radius 1 is 1.33 bits per heavy atom. The molecule has 0 atom stereocenters. The summed E-state index contributed by atoms with van der Waals surface area (Å²) in [5.74, 6) is 1.52. The second-order valence-corrected chi connectivity index (χ2v) is 4.06. The van der Waals surface area contributed by atoms with Gasteiger partial charge in [-0.2, -0.15) is 5.10 Å². The van der Waals surface area contributed by atoms with Gasteiger partial charge in [0.1, 0.15) is 12.4 Å². The lowest BCUT2D eigenvalue weighted by Gasteiger charge is -2.08. The molecule has 0 spiro atoms. The maximum absolute atomic E-state index is 5.36. The third kappa shape index (κ3) is 2.59. The van der Waals surface area contributed by atoms with Crippen LogP contribution in [0.1, 0.15) is 26.1 Å². The summed E-state index contributed by atoms with van der Waals surface area (Å²) in [4.78, 5) is 8.95. The zero-order valence-corrected chi connectivity index (χ0v) is 11.1. The van der Waals surface area contributed by atoms with Crippen LogP contribution >= 0.6 is 0 Å². The number of hydrogen-bond donors (Lipinski definition) is 1. The van der Waals surface area contributed by atoms with Crippen molar-refractivity contribution in [2.24, 2.45) is 7.05 Å². The third-order valence-electron chi connectivity index (χ3n) is 2.62. The molecule has 0 saturated heterocycles. The van der Waals surface area contributed by atoms with Crippen LogP contribution < -0.4 is 5.32 Å². The zero-order chi connectivity index (χ0) is 13.0. The first-order valence-electron chi connectivity index (χ1n) is 6.26. The maximum Gasteiger partial charge on any atom is 0.163 e. The van der Waals surface area contributed by atoms with Gasteiger partial charge in [-0.05, 0) is 13.3 Å². The minimum absolute atomic E-state index is 0.429. The second kappa shape index (κ2) is 5.77. The summed E-state index contributed by atoms with van der Waals surface area (Å²) in [5.41, 5.74) is 0.832. The van der Waals surface area contributed by atoms with E-state index in [0.717, 1.165) is 29.8 Å². The number of aryl methyl sites for hydroxylation is 1. The van der Waals surface area contributed by atoms with E-state index in [1.54, 1.807) is 10.9 Å². The number of anilines is 1. The van der Waals surface area contributed by atoms with Gasteiger partial charge in [-0.1, -0.05) is 6.92 Å². The van der Waals surface area contributed by atoms with Crippen molar-refractivity contribution in [3.63, 3.8) is 0 Å². The summed E-state index contributed by atoms with van der Waals surface area (Å²) < 4.78 is 7.12. The van der Waals surface area contributed by atoms with Crippen LogP contribution in [0.15, 0.2) is 6.20 Å². The van der Waals surface area contributed by atoms with Crippen molar-refractivity contribution in [2.45, 2.75) is 26.9 Å². The van der Waals surface area contributed by atoms with Gasteiger partial charge in [0.25, 0.3) is 0 Å². The highest BCUT2D eigenvalue weighted by Gasteiger charge is 2.10. The normalized spacial score (nSPS) is 11.1. The summed E-state index contributed by atoms with van der Waals surface area (Å²) in [5, 5.41) is 8.48. The van der Waals surface area contributed by atoms with Crippen LogP contribution in [0.4, 0.5) is 5.82 Å². The molecular formula is C12H19N5O. The average Bonchev–Trinajstić information content (AvgIpc) is 2.75. The molecule has 0 aliphatic heterocycles. The maximum atomic E-state index is 5.36. The Bertz CT molecular complexity index is 522. The van der Waals surface area contributed by atoms with Crippen LogP contribution in [-0.2, 0) is 18.4 Å². The van der Waals surface area contributed by atoms with E-state index in [4.69, 9.17) is 4.74 Å². The first-order chi connectivity index (χ1) is 8.76. The van der Waals surface area contributed by atoms with Gasteiger partial charge in [-0.15, -0.1) is 0 Å². The van der Waals surface area contributed by atoms with E-state index in [-0.39, 0.29) is 0 Å². The van der Waals surface area contributed by atoms with Gasteiger partial charge in [0.05, 0.1) is 11.6 Å². The first-order valence-corrected chi connectivity index (χ1v) is 6.26. The quantitative estimate of drug-likeness (QED) is 0.844. The third-order valence-corrected chi connectivity index (χ3v) is 2.62. The number of fused-ring (bicyclic) bond motifs is 1. The van der Waals surface area contributed by atoms with Crippen LogP contribution in [0, 0.1) is 0 Å². The molecular weight excluding hydrogens is 230 g/mol. The smallest absolute Gasteiger partial charge is 0.163 e. The summed E-state index contributed by atoms with van der Waals surface area (Å²) in [6, 6.07) is 0. The predicted molar refractivity (Wildman–Crippen MR) is 70.4 cm³/mol. The molecule has 0 saturated carbocycles. The highest BCUT2D eigenvalue weighted by molar-refractivity contribution is 5.86. The van der Waals surface area contributed by atoms with E-state index in [1.807, 2.05) is 14.0 Å². The molecule has 0 aromatic carbocycles. The highest BCUT2D eigenvalue weighted by atomic mass is 16.5. The molecule has 1 N–H and O–H groups in total. The predicted octanol–water partition coefficient (Wildman–Crippen LogP) is 1.72. The van der Waals surface area contributed by atoms with Crippen LogP contribution in [-0.4, -0.2) is 32.9 Å². The highest BCUT2D eigenvalue weighted by Crippen LogP contribution is 2.19. The van der Waals surface area contributed by atoms with Gasteiger partial charge in [0, 0.05) is 20.2 Å². The van der Waals surface area contributed by atoms with Crippen LogP contribution in [0.3, 0.4) is 0 Å². The number of nitrogens with one attached hydrogen (secondary N) is 1. The molecule has 6 nitrogen and oxygen atoms in total. The minimum atomic E-state index is 0.429. The van der Waals surface area contributed by atoms with Crippen molar-refractivity contribution in [1.29, 1.82) is 0 Å². The summed E-state index contributed by atoms with van der Waals surface area (Å²) in [7, 11) is 1.88. The van der Waals surface area contributed by atoms with E-state index in [0.29, 0.717) is 19.0 Å². The van der Waals surface area contributed by atoms with Gasteiger partial charge >= 0.3 is 0 Å². The Morgan fingerprint density at radius 2 is 2.17 bits per heavy atom. The topological polar surface area (TPSA) is 64.9 Å². The van der Waals surface area contributed by atoms with Gasteiger partial charge < -0.3 is 10.1 Å². The SMILES string of the molecule is CCCNc1nc(COCC)nc2c1cnn2C. The van der Waals surface area contributed by atoms with Crippen molar-refractivity contribution in [3.8, 4) is 0 Å². The molecule has 0 amide bonds. The molecule has 2 aromatic rings. The molecule has 0 bridgehead atoms. The standard InChI is InChI=1S/C12H19N5O/c1-4-6-13-11-9-7-14-17(3)12(9)16-10(15-11)8-18-5-2/h7H,4-6,8H2,1-3H3,(H,13,15,16).